The van der Waals surface area contributed by atoms with Crippen LogP contribution in [0.2, 0.25) is 0 Å². The Morgan fingerprint density at radius 1 is 1.13 bits per heavy atom. The van der Waals surface area contributed by atoms with Crippen LogP contribution >= 0.6 is 0 Å². The van der Waals surface area contributed by atoms with E-state index in [0.717, 1.165) is 12.1 Å². The van der Waals surface area contributed by atoms with E-state index in [9.17, 15) is 24.8 Å². The Morgan fingerprint density at radius 3 is 2.50 bits per heavy atom. The molecule has 1 amide bonds. The summed E-state index contributed by atoms with van der Waals surface area (Å²) in [5.41, 5.74) is 0.0874. The number of anilines is 1. The molecule has 10 heteroatoms. The van der Waals surface area contributed by atoms with E-state index < -0.39 is 22.5 Å². The Balaban J connectivity index is 1.60. The Bertz CT molecular complexity index is 1090. The highest BCUT2D eigenvalue weighted by Gasteiger charge is 2.16. The van der Waals surface area contributed by atoms with E-state index in [2.05, 4.69) is 10.1 Å². The second-order valence-electron chi connectivity index (χ2n) is 5.98. The zero-order chi connectivity index (χ0) is 21.7. The number of nitrogens with one attached hydrogen (secondary N) is 1. The van der Waals surface area contributed by atoms with Gasteiger partial charge in [-0.15, -0.1) is 0 Å². The predicted octanol–water partition coefficient (Wildman–Crippen LogP) is 3.51. The molecule has 3 rings (SSSR count). The molecule has 10 nitrogen and oxygen atoms in total. The molecule has 0 saturated carbocycles. The number of phenols is 1. The van der Waals surface area contributed by atoms with Crippen LogP contribution in [-0.4, -0.2) is 29.0 Å². The fraction of sp³-hybridized carbons (Fsp3) is 0.100. The number of hydrogen-bond donors (Lipinski definition) is 2. The van der Waals surface area contributed by atoms with Gasteiger partial charge in [0.25, 0.3) is 11.6 Å². The van der Waals surface area contributed by atoms with E-state index in [1.807, 2.05) is 0 Å². The van der Waals surface area contributed by atoms with Crippen LogP contribution in [0.1, 0.15) is 26.7 Å². The molecule has 0 radical (unpaired) electrons. The van der Waals surface area contributed by atoms with Crippen molar-refractivity contribution in [3.05, 3.63) is 81.8 Å². The molecule has 154 valence electrons. The molecule has 0 saturated heterocycles. The van der Waals surface area contributed by atoms with Crippen molar-refractivity contribution in [2.24, 2.45) is 0 Å². The van der Waals surface area contributed by atoms with Crippen molar-refractivity contribution in [3.63, 3.8) is 0 Å². The minimum atomic E-state index is -0.660. The number of furan rings is 1. The van der Waals surface area contributed by atoms with Gasteiger partial charge in [0.2, 0.25) is 0 Å². The van der Waals surface area contributed by atoms with Crippen LogP contribution < -0.4 is 10.1 Å². The minimum absolute atomic E-state index is 0.00509. The van der Waals surface area contributed by atoms with Crippen LogP contribution in [0.15, 0.2) is 59.0 Å². The molecule has 0 aliphatic rings. The van der Waals surface area contributed by atoms with E-state index in [0.29, 0.717) is 17.1 Å². The minimum Gasteiger partial charge on any atom is -0.506 e. The first kappa shape index (κ1) is 20.4. The number of nitro groups is 1. The fourth-order valence-corrected chi connectivity index (χ4v) is 2.46. The molecule has 1 aromatic heterocycles. The van der Waals surface area contributed by atoms with Gasteiger partial charge < -0.3 is 24.3 Å². The summed E-state index contributed by atoms with van der Waals surface area (Å²) in [5, 5.41) is 22.9. The molecule has 30 heavy (non-hydrogen) atoms. The van der Waals surface area contributed by atoms with Crippen molar-refractivity contribution in [2.75, 3.05) is 12.4 Å². The maximum atomic E-state index is 12.3. The number of phenolic OH excluding ortho intramolecular Hbond substituents is 1. The summed E-state index contributed by atoms with van der Waals surface area (Å²) in [5.74, 6) is -0.725. The Morgan fingerprint density at radius 2 is 1.87 bits per heavy atom. The van der Waals surface area contributed by atoms with Gasteiger partial charge in [0.1, 0.15) is 23.9 Å². The standard InChI is InChI=1S/C20H16N2O8/c1-28-20(25)12-2-5-14(6-3-12)29-11-15-7-9-18(30-15)19(24)21-16-8-4-13(22(26)27)10-17(16)23/h2-10,23H,11H2,1H3,(H,21,24). The lowest BCUT2D eigenvalue weighted by Crippen LogP contribution is -2.11. The Hall–Kier alpha value is -4.34. The number of benzene rings is 2. The first-order valence-electron chi connectivity index (χ1n) is 8.56. The monoisotopic (exact) mass is 412 g/mol. The molecule has 0 spiro atoms. The lowest BCUT2D eigenvalue weighted by atomic mass is 10.2. The Kier molecular flexibility index (Phi) is 5.97. The van der Waals surface area contributed by atoms with Crippen molar-refractivity contribution in [2.45, 2.75) is 6.61 Å². The number of non-ortho nitro benzene ring substituents is 1. The summed E-state index contributed by atoms with van der Waals surface area (Å²) >= 11 is 0. The molecule has 3 aromatic rings. The number of carbonyl (C=O) groups excluding carboxylic acids is 2. The third kappa shape index (κ3) is 4.73. The molecule has 1 heterocycles. The molecule has 2 aromatic carbocycles. The second kappa shape index (κ2) is 8.78. The number of nitrogens with zero attached hydrogens (tertiary/aromatic N) is 1. The van der Waals surface area contributed by atoms with Gasteiger partial charge in [-0.25, -0.2) is 4.79 Å². The number of amides is 1. The number of esters is 1. The fourth-order valence-electron chi connectivity index (χ4n) is 2.46. The zero-order valence-electron chi connectivity index (χ0n) is 15.7. The molecule has 0 aliphatic heterocycles. The van der Waals surface area contributed by atoms with E-state index in [1.165, 1.54) is 19.2 Å². The lowest BCUT2D eigenvalue weighted by Gasteiger charge is -2.06. The van der Waals surface area contributed by atoms with E-state index in [4.69, 9.17) is 9.15 Å². The van der Waals surface area contributed by atoms with Crippen LogP contribution in [0.3, 0.4) is 0 Å². The molecular weight excluding hydrogens is 396 g/mol. The largest absolute Gasteiger partial charge is 0.506 e. The van der Waals surface area contributed by atoms with Crippen LogP contribution in [0, 0.1) is 10.1 Å². The first-order valence-corrected chi connectivity index (χ1v) is 8.56. The van der Waals surface area contributed by atoms with Crippen molar-refractivity contribution >= 4 is 23.3 Å². The predicted molar refractivity (Wildman–Crippen MR) is 104 cm³/mol. The molecule has 0 unspecified atom stereocenters. The summed E-state index contributed by atoms with van der Waals surface area (Å²) in [6.07, 6.45) is 0. The number of methoxy groups -OCH3 is 1. The van der Waals surface area contributed by atoms with Gasteiger partial charge in [-0.2, -0.15) is 0 Å². The van der Waals surface area contributed by atoms with Crippen molar-refractivity contribution in [1.29, 1.82) is 0 Å². The van der Waals surface area contributed by atoms with Gasteiger partial charge >= 0.3 is 5.97 Å². The molecule has 2 N–H and O–H groups in total. The van der Waals surface area contributed by atoms with Crippen molar-refractivity contribution in [1.82, 2.24) is 0 Å². The van der Waals surface area contributed by atoms with Gasteiger partial charge in [-0.3, -0.25) is 14.9 Å². The maximum absolute atomic E-state index is 12.3. The zero-order valence-corrected chi connectivity index (χ0v) is 15.7. The lowest BCUT2D eigenvalue weighted by molar-refractivity contribution is -0.384. The number of aromatic hydroxyl groups is 1. The SMILES string of the molecule is COC(=O)c1ccc(OCc2ccc(C(=O)Nc3ccc([N+](=O)[O-])cc3O)o2)cc1. The van der Waals surface area contributed by atoms with Crippen LogP contribution in [-0.2, 0) is 11.3 Å². The number of ether oxygens (including phenoxy) is 2. The van der Waals surface area contributed by atoms with Crippen molar-refractivity contribution in [3.8, 4) is 11.5 Å². The van der Waals surface area contributed by atoms with Gasteiger partial charge in [0, 0.05) is 6.07 Å². The van der Waals surface area contributed by atoms with E-state index >= 15 is 0 Å². The highest BCUT2D eigenvalue weighted by Crippen LogP contribution is 2.28. The smallest absolute Gasteiger partial charge is 0.337 e. The summed E-state index contributed by atoms with van der Waals surface area (Å²) < 4.78 is 15.6. The number of carbonyl (C=O) groups is 2. The summed E-state index contributed by atoms with van der Waals surface area (Å²) in [6, 6.07) is 12.6. The number of hydrogen-bond acceptors (Lipinski definition) is 8. The molecule has 0 aliphatic carbocycles. The normalized spacial score (nSPS) is 10.3. The second-order valence-corrected chi connectivity index (χ2v) is 5.98. The van der Waals surface area contributed by atoms with Gasteiger partial charge in [0.05, 0.1) is 29.4 Å². The molecular formula is C20H16N2O8. The van der Waals surface area contributed by atoms with Crippen LogP contribution in [0.5, 0.6) is 11.5 Å². The van der Waals surface area contributed by atoms with Crippen LogP contribution in [0.4, 0.5) is 11.4 Å². The molecule has 0 bridgehead atoms. The topological polar surface area (TPSA) is 141 Å². The third-order valence-corrected chi connectivity index (χ3v) is 3.98. The van der Waals surface area contributed by atoms with E-state index in [-0.39, 0.29) is 23.7 Å². The summed E-state index contributed by atoms with van der Waals surface area (Å²) in [7, 11) is 1.29. The number of nitro benzene ring substituents is 1. The average molecular weight is 412 g/mol. The summed E-state index contributed by atoms with van der Waals surface area (Å²) in [6.45, 7) is 0.0353. The average Bonchev–Trinajstić information content (AvgIpc) is 3.22. The quantitative estimate of drug-likeness (QED) is 0.260. The molecule has 0 fully saturated rings. The number of rotatable bonds is 7. The van der Waals surface area contributed by atoms with Crippen LogP contribution in [0.25, 0.3) is 0 Å². The highest BCUT2D eigenvalue weighted by molar-refractivity contribution is 6.03. The maximum Gasteiger partial charge on any atom is 0.337 e. The van der Waals surface area contributed by atoms with Crippen molar-refractivity contribution < 1.29 is 33.5 Å². The first-order chi connectivity index (χ1) is 14.4. The molecule has 0 atom stereocenters. The van der Waals surface area contributed by atoms with E-state index in [1.54, 1.807) is 30.3 Å². The highest BCUT2D eigenvalue weighted by atomic mass is 16.6. The summed E-state index contributed by atoms with van der Waals surface area (Å²) in [4.78, 5) is 33.7. The third-order valence-electron chi connectivity index (χ3n) is 3.98. The van der Waals surface area contributed by atoms with Gasteiger partial charge in [-0.1, -0.05) is 0 Å². The Labute approximate surface area is 169 Å². The van der Waals surface area contributed by atoms with Gasteiger partial charge in [-0.05, 0) is 42.5 Å². The van der Waals surface area contributed by atoms with Gasteiger partial charge in [0.15, 0.2) is 5.76 Å².